The number of hydrogen-bond donors (Lipinski definition) is 1. The third-order valence-corrected chi connectivity index (χ3v) is 4.08. The fourth-order valence-electron chi connectivity index (χ4n) is 1.25. The Bertz CT molecular complexity index is 741. The van der Waals surface area contributed by atoms with Gasteiger partial charge in [0.25, 0.3) is 0 Å². The van der Waals surface area contributed by atoms with Crippen molar-refractivity contribution in [1.82, 2.24) is 0 Å². The van der Waals surface area contributed by atoms with Crippen molar-refractivity contribution in [1.29, 1.82) is 5.26 Å². The minimum absolute atomic E-state index is 0.314. The number of benzene rings is 1. The first-order chi connectivity index (χ1) is 9.98. The van der Waals surface area contributed by atoms with Gasteiger partial charge >= 0.3 is 15.6 Å². The van der Waals surface area contributed by atoms with E-state index in [0.717, 1.165) is 6.07 Å². The van der Waals surface area contributed by atoms with Gasteiger partial charge in [-0.25, -0.2) is 0 Å². The first-order valence-electron chi connectivity index (χ1n) is 5.45. The average molecular weight is 401 g/mol. The van der Waals surface area contributed by atoms with Crippen molar-refractivity contribution in [2.45, 2.75) is 18.9 Å². The fraction of sp³-hybridized carbons (Fsp3) is 0.273. The molecule has 0 radical (unpaired) electrons. The first kappa shape index (κ1) is 18.2. The summed E-state index contributed by atoms with van der Waals surface area (Å²) in [6.45, 7) is 1.48. The monoisotopic (exact) mass is 400 g/mol. The van der Waals surface area contributed by atoms with Gasteiger partial charge in [-0.1, -0.05) is 15.9 Å². The van der Waals surface area contributed by atoms with Gasteiger partial charge < -0.3 is 9.50 Å². The quantitative estimate of drug-likeness (QED) is 0.618. The van der Waals surface area contributed by atoms with E-state index in [1.807, 2.05) is 0 Å². The Balaban J connectivity index is 3.26. The molecule has 0 aromatic heterocycles. The van der Waals surface area contributed by atoms with Gasteiger partial charge in [0.15, 0.2) is 5.75 Å². The number of amides is 1. The zero-order valence-electron chi connectivity index (χ0n) is 10.9. The van der Waals surface area contributed by atoms with Crippen LogP contribution in [0, 0.1) is 18.3 Å². The summed E-state index contributed by atoms with van der Waals surface area (Å²) in [5.74, 6) is -1.53. The molecule has 120 valence electrons. The van der Waals surface area contributed by atoms with Gasteiger partial charge in [0.1, 0.15) is 6.42 Å². The minimum atomic E-state index is -5.88. The number of halogens is 4. The van der Waals surface area contributed by atoms with Crippen molar-refractivity contribution >= 4 is 37.6 Å². The maximum absolute atomic E-state index is 12.4. The molecule has 0 saturated carbocycles. The lowest BCUT2D eigenvalue weighted by Gasteiger charge is -2.14. The van der Waals surface area contributed by atoms with Gasteiger partial charge in [-0.05, 0) is 24.6 Å². The lowest BCUT2D eigenvalue weighted by atomic mass is 10.2. The van der Waals surface area contributed by atoms with Crippen LogP contribution in [-0.2, 0) is 14.9 Å². The molecule has 0 aliphatic carbocycles. The molecule has 11 heteroatoms. The Morgan fingerprint density at radius 2 is 2.05 bits per heavy atom. The molecule has 0 heterocycles. The molecule has 22 heavy (non-hydrogen) atoms. The molecule has 0 spiro atoms. The predicted octanol–water partition coefficient (Wildman–Crippen LogP) is 2.84. The van der Waals surface area contributed by atoms with Gasteiger partial charge in [0, 0.05) is 4.47 Å². The van der Waals surface area contributed by atoms with Crippen LogP contribution in [0.4, 0.5) is 18.9 Å². The molecule has 0 aliphatic rings. The van der Waals surface area contributed by atoms with Crippen LogP contribution < -0.4 is 9.50 Å². The smallest absolute Gasteiger partial charge is 0.374 e. The standard InChI is InChI=1S/C11H8BrF3N2O4S/c1-6-4-9(21-22(19,20)11(13,14)15)8(5-7(6)12)17-10(18)2-3-16/h4-5H,2H2,1H3,(H,17,18). The van der Waals surface area contributed by atoms with E-state index in [1.165, 1.54) is 13.0 Å². The average Bonchev–Trinajstić information content (AvgIpc) is 2.34. The zero-order chi connectivity index (χ0) is 17.1. The molecular formula is C11H8BrF3N2O4S. The van der Waals surface area contributed by atoms with E-state index in [4.69, 9.17) is 5.26 Å². The highest BCUT2D eigenvalue weighted by Gasteiger charge is 2.48. The van der Waals surface area contributed by atoms with Crippen LogP contribution in [0.1, 0.15) is 12.0 Å². The number of nitrogens with zero attached hydrogens (tertiary/aromatic N) is 1. The van der Waals surface area contributed by atoms with Crippen molar-refractivity contribution in [2.75, 3.05) is 5.32 Å². The van der Waals surface area contributed by atoms with Crippen molar-refractivity contribution in [3.8, 4) is 11.8 Å². The number of rotatable bonds is 4. The van der Waals surface area contributed by atoms with Crippen LogP contribution in [-0.4, -0.2) is 19.8 Å². The van der Waals surface area contributed by atoms with E-state index in [-0.39, 0.29) is 5.69 Å². The third kappa shape index (κ3) is 4.35. The maximum atomic E-state index is 12.4. The van der Waals surface area contributed by atoms with Crippen molar-refractivity contribution in [3.63, 3.8) is 0 Å². The van der Waals surface area contributed by atoms with E-state index < -0.39 is 33.7 Å². The number of carbonyl (C=O) groups is 1. The Morgan fingerprint density at radius 1 is 1.45 bits per heavy atom. The van der Waals surface area contributed by atoms with Gasteiger partial charge in [0.2, 0.25) is 5.91 Å². The summed E-state index contributed by atoms with van der Waals surface area (Å²) in [7, 11) is -5.88. The van der Waals surface area contributed by atoms with E-state index in [0.29, 0.717) is 10.0 Å². The topological polar surface area (TPSA) is 96.3 Å². The van der Waals surface area contributed by atoms with Crippen LogP contribution in [0.5, 0.6) is 5.75 Å². The van der Waals surface area contributed by atoms with Gasteiger partial charge in [-0.3, -0.25) is 4.79 Å². The van der Waals surface area contributed by atoms with Crippen LogP contribution in [0.25, 0.3) is 0 Å². The summed E-state index contributed by atoms with van der Waals surface area (Å²) in [6.07, 6.45) is -0.559. The second-order valence-corrected chi connectivity index (χ2v) is 6.36. The maximum Gasteiger partial charge on any atom is 0.534 e. The second-order valence-electron chi connectivity index (χ2n) is 3.96. The van der Waals surface area contributed by atoms with Gasteiger partial charge in [-0.2, -0.15) is 26.9 Å². The van der Waals surface area contributed by atoms with E-state index >= 15 is 0 Å². The van der Waals surface area contributed by atoms with Crippen LogP contribution in [0.3, 0.4) is 0 Å². The highest BCUT2D eigenvalue weighted by molar-refractivity contribution is 9.10. The predicted molar refractivity (Wildman–Crippen MR) is 73.3 cm³/mol. The number of carbonyl (C=O) groups excluding carboxylic acids is 1. The number of hydrogen-bond acceptors (Lipinski definition) is 5. The third-order valence-electron chi connectivity index (χ3n) is 2.26. The first-order valence-corrected chi connectivity index (χ1v) is 7.65. The van der Waals surface area contributed by atoms with Gasteiger partial charge in [-0.15, -0.1) is 0 Å². The number of nitrogens with one attached hydrogen (secondary N) is 1. The van der Waals surface area contributed by atoms with E-state index in [1.54, 1.807) is 6.07 Å². The molecule has 1 N–H and O–H groups in total. The van der Waals surface area contributed by atoms with Crippen molar-refractivity contribution in [2.24, 2.45) is 0 Å². The zero-order valence-corrected chi connectivity index (χ0v) is 13.3. The minimum Gasteiger partial charge on any atom is -0.374 e. The lowest BCUT2D eigenvalue weighted by Crippen LogP contribution is -2.28. The summed E-state index contributed by atoms with van der Waals surface area (Å²) >= 11 is 3.08. The van der Waals surface area contributed by atoms with Crippen molar-refractivity contribution < 1.29 is 30.6 Å². The van der Waals surface area contributed by atoms with Gasteiger partial charge in [0.05, 0.1) is 11.8 Å². The Hall–Kier alpha value is -1.80. The van der Waals surface area contributed by atoms with Crippen LogP contribution >= 0.6 is 15.9 Å². The summed E-state index contributed by atoms with van der Waals surface area (Å²) < 4.78 is 63.6. The molecule has 1 rings (SSSR count). The molecular weight excluding hydrogens is 393 g/mol. The Kier molecular flexibility index (Phi) is 5.42. The number of aryl methyl sites for hydroxylation is 1. The summed E-state index contributed by atoms with van der Waals surface area (Å²) in [5.41, 5.74) is -5.54. The fourth-order valence-corrected chi connectivity index (χ4v) is 2.07. The normalized spacial score (nSPS) is 11.6. The highest BCUT2D eigenvalue weighted by Crippen LogP contribution is 2.35. The molecule has 6 nitrogen and oxygen atoms in total. The SMILES string of the molecule is Cc1cc(OS(=O)(=O)C(F)(F)F)c(NC(=O)CC#N)cc1Br. The largest absolute Gasteiger partial charge is 0.534 e. The summed E-state index contributed by atoms with van der Waals surface area (Å²) in [6, 6.07) is 3.72. The highest BCUT2D eigenvalue weighted by atomic mass is 79.9. The second kappa shape index (κ2) is 6.53. The number of nitriles is 1. The van der Waals surface area contributed by atoms with Crippen molar-refractivity contribution in [3.05, 3.63) is 22.2 Å². The van der Waals surface area contributed by atoms with Crippen LogP contribution in [0.15, 0.2) is 16.6 Å². The molecule has 0 saturated heterocycles. The molecule has 1 aromatic carbocycles. The molecule has 1 aromatic rings. The molecule has 1 amide bonds. The number of anilines is 1. The lowest BCUT2D eigenvalue weighted by molar-refractivity contribution is -0.115. The van der Waals surface area contributed by atoms with E-state index in [2.05, 4.69) is 25.4 Å². The van der Waals surface area contributed by atoms with E-state index in [9.17, 15) is 26.4 Å². The molecule has 0 aliphatic heterocycles. The summed E-state index contributed by atoms with van der Waals surface area (Å²) in [4.78, 5) is 11.3. The number of alkyl halides is 3. The Morgan fingerprint density at radius 3 is 2.55 bits per heavy atom. The Labute approximate surface area is 132 Å². The summed E-state index contributed by atoms with van der Waals surface area (Å²) in [5, 5.41) is 10.5. The molecule has 0 bridgehead atoms. The molecule has 0 atom stereocenters. The van der Waals surface area contributed by atoms with Crippen LogP contribution in [0.2, 0.25) is 0 Å². The molecule has 0 fully saturated rings. The molecule has 0 unspecified atom stereocenters.